The Labute approximate surface area is 133 Å². The number of hydrogen-bond acceptors (Lipinski definition) is 4. The van der Waals surface area contributed by atoms with Crippen molar-refractivity contribution in [1.29, 1.82) is 0 Å². The van der Waals surface area contributed by atoms with Gasteiger partial charge in [-0.2, -0.15) is 0 Å². The van der Waals surface area contributed by atoms with Crippen LogP contribution >= 0.6 is 0 Å². The molecule has 5 nitrogen and oxygen atoms in total. The molecular formula is C17H27N3O2. The molecule has 1 aromatic carbocycles. The van der Waals surface area contributed by atoms with E-state index in [1.165, 1.54) is 0 Å². The minimum Gasteiger partial charge on any atom is -0.492 e. The Balaban J connectivity index is 1.83. The number of benzene rings is 1. The first-order valence-electron chi connectivity index (χ1n) is 8.19. The normalized spacial score (nSPS) is 15.1. The van der Waals surface area contributed by atoms with Crippen LogP contribution in [0.3, 0.4) is 0 Å². The number of rotatable bonds is 7. The zero-order chi connectivity index (χ0) is 15.8. The molecule has 1 fully saturated rings. The van der Waals surface area contributed by atoms with E-state index in [1.807, 2.05) is 29.2 Å². The van der Waals surface area contributed by atoms with Gasteiger partial charge in [-0.05, 0) is 37.4 Å². The fourth-order valence-corrected chi connectivity index (χ4v) is 2.58. The SMILES string of the molecule is CCN(CC)CCOc1ccc(C(=O)N2CCNCC2)cc1. The van der Waals surface area contributed by atoms with Gasteiger partial charge in [0.15, 0.2) is 0 Å². The largest absolute Gasteiger partial charge is 0.492 e. The van der Waals surface area contributed by atoms with Gasteiger partial charge in [-0.1, -0.05) is 13.8 Å². The van der Waals surface area contributed by atoms with Gasteiger partial charge < -0.3 is 19.9 Å². The predicted octanol–water partition coefficient (Wildman–Crippen LogP) is 1.45. The van der Waals surface area contributed by atoms with Crippen molar-refractivity contribution in [3.8, 4) is 5.75 Å². The summed E-state index contributed by atoms with van der Waals surface area (Å²) in [5.74, 6) is 0.931. The minimum absolute atomic E-state index is 0.108. The number of carbonyl (C=O) groups excluding carboxylic acids is 1. The van der Waals surface area contributed by atoms with Gasteiger partial charge in [0, 0.05) is 38.3 Å². The van der Waals surface area contributed by atoms with Crippen molar-refractivity contribution in [3.05, 3.63) is 29.8 Å². The molecule has 1 N–H and O–H groups in total. The van der Waals surface area contributed by atoms with E-state index in [0.29, 0.717) is 6.61 Å². The van der Waals surface area contributed by atoms with Gasteiger partial charge in [-0.15, -0.1) is 0 Å². The average molecular weight is 305 g/mol. The number of carbonyl (C=O) groups is 1. The maximum atomic E-state index is 12.3. The Kier molecular flexibility index (Phi) is 6.68. The van der Waals surface area contributed by atoms with Crippen LogP contribution in [-0.2, 0) is 0 Å². The molecule has 1 aliphatic rings. The van der Waals surface area contributed by atoms with E-state index in [0.717, 1.165) is 57.1 Å². The highest BCUT2D eigenvalue weighted by Crippen LogP contribution is 2.14. The lowest BCUT2D eigenvalue weighted by atomic mass is 10.2. The lowest BCUT2D eigenvalue weighted by molar-refractivity contribution is 0.0736. The van der Waals surface area contributed by atoms with Crippen LogP contribution in [0.5, 0.6) is 5.75 Å². The molecule has 5 heteroatoms. The Hall–Kier alpha value is -1.59. The number of piperazine rings is 1. The average Bonchev–Trinajstić information content (AvgIpc) is 2.59. The van der Waals surface area contributed by atoms with Crippen LogP contribution in [0, 0.1) is 0 Å². The van der Waals surface area contributed by atoms with E-state index >= 15 is 0 Å². The van der Waals surface area contributed by atoms with Gasteiger partial charge in [-0.25, -0.2) is 0 Å². The molecule has 122 valence electrons. The van der Waals surface area contributed by atoms with E-state index in [4.69, 9.17) is 4.74 Å². The summed E-state index contributed by atoms with van der Waals surface area (Å²) in [5, 5.41) is 3.25. The van der Waals surface area contributed by atoms with Gasteiger partial charge in [-0.3, -0.25) is 4.79 Å². The molecule has 0 spiro atoms. The molecule has 0 atom stereocenters. The van der Waals surface area contributed by atoms with Crippen LogP contribution in [0.15, 0.2) is 24.3 Å². The lowest BCUT2D eigenvalue weighted by Crippen LogP contribution is -2.46. The second kappa shape index (κ2) is 8.76. The van der Waals surface area contributed by atoms with Crippen LogP contribution in [-0.4, -0.2) is 68.1 Å². The van der Waals surface area contributed by atoms with Crippen molar-refractivity contribution in [2.24, 2.45) is 0 Å². The summed E-state index contributed by atoms with van der Waals surface area (Å²) in [6.45, 7) is 11.3. The number of likely N-dealkylation sites (N-methyl/N-ethyl adjacent to an activating group) is 1. The van der Waals surface area contributed by atoms with Gasteiger partial charge in [0.1, 0.15) is 12.4 Å². The second-order valence-corrected chi connectivity index (χ2v) is 5.44. The smallest absolute Gasteiger partial charge is 0.253 e. The first kappa shape index (κ1) is 16.8. The molecule has 22 heavy (non-hydrogen) atoms. The quantitative estimate of drug-likeness (QED) is 0.828. The van der Waals surface area contributed by atoms with E-state index < -0.39 is 0 Å². The fourth-order valence-electron chi connectivity index (χ4n) is 2.58. The highest BCUT2D eigenvalue weighted by atomic mass is 16.5. The van der Waals surface area contributed by atoms with Crippen LogP contribution in [0.25, 0.3) is 0 Å². The number of amides is 1. The van der Waals surface area contributed by atoms with Gasteiger partial charge in [0.2, 0.25) is 0 Å². The topological polar surface area (TPSA) is 44.8 Å². The summed E-state index contributed by atoms with van der Waals surface area (Å²) < 4.78 is 5.74. The molecule has 0 bridgehead atoms. The summed E-state index contributed by atoms with van der Waals surface area (Å²) >= 11 is 0. The monoisotopic (exact) mass is 305 g/mol. The third kappa shape index (κ3) is 4.71. The van der Waals surface area contributed by atoms with Crippen molar-refractivity contribution in [2.45, 2.75) is 13.8 Å². The Morgan fingerprint density at radius 1 is 1.18 bits per heavy atom. The Bertz CT molecular complexity index is 451. The Morgan fingerprint density at radius 3 is 2.41 bits per heavy atom. The van der Waals surface area contributed by atoms with E-state index in [1.54, 1.807) is 0 Å². The highest BCUT2D eigenvalue weighted by molar-refractivity contribution is 5.94. The van der Waals surface area contributed by atoms with Crippen LogP contribution in [0.4, 0.5) is 0 Å². The molecule has 1 aliphatic heterocycles. The molecular weight excluding hydrogens is 278 g/mol. The molecule has 0 radical (unpaired) electrons. The third-order valence-electron chi connectivity index (χ3n) is 4.08. The standard InChI is InChI=1S/C17H27N3O2/c1-3-19(4-2)13-14-22-16-7-5-15(6-8-16)17(21)20-11-9-18-10-12-20/h5-8,18H,3-4,9-14H2,1-2H3. The Morgan fingerprint density at radius 2 is 1.82 bits per heavy atom. The number of nitrogens with one attached hydrogen (secondary N) is 1. The summed E-state index contributed by atoms with van der Waals surface area (Å²) in [6.07, 6.45) is 0. The zero-order valence-electron chi connectivity index (χ0n) is 13.7. The van der Waals surface area contributed by atoms with Gasteiger partial charge >= 0.3 is 0 Å². The molecule has 1 saturated heterocycles. The van der Waals surface area contributed by atoms with Gasteiger partial charge in [0.25, 0.3) is 5.91 Å². The first-order chi connectivity index (χ1) is 10.7. The zero-order valence-corrected chi connectivity index (χ0v) is 13.7. The summed E-state index contributed by atoms with van der Waals surface area (Å²) in [5.41, 5.74) is 0.734. The predicted molar refractivity (Wildman–Crippen MR) is 88.5 cm³/mol. The summed E-state index contributed by atoms with van der Waals surface area (Å²) in [4.78, 5) is 16.6. The van der Waals surface area contributed by atoms with Crippen LogP contribution < -0.4 is 10.1 Å². The van der Waals surface area contributed by atoms with Crippen molar-refractivity contribution in [3.63, 3.8) is 0 Å². The number of nitrogens with zero attached hydrogens (tertiary/aromatic N) is 2. The molecule has 0 unspecified atom stereocenters. The lowest BCUT2D eigenvalue weighted by Gasteiger charge is -2.27. The summed E-state index contributed by atoms with van der Waals surface area (Å²) in [6, 6.07) is 7.49. The molecule has 0 aromatic heterocycles. The van der Waals surface area contributed by atoms with Crippen molar-refractivity contribution >= 4 is 5.91 Å². The van der Waals surface area contributed by atoms with Gasteiger partial charge in [0.05, 0.1) is 0 Å². The molecule has 1 heterocycles. The van der Waals surface area contributed by atoms with Crippen molar-refractivity contribution in [1.82, 2.24) is 15.1 Å². The van der Waals surface area contributed by atoms with E-state index in [2.05, 4.69) is 24.1 Å². The molecule has 2 rings (SSSR count). The second-order valence-electron chi connectivity index (χ2n) is 5.44. The molecule has 1 aromatic rings. The highest BCUT2D eigenvalue weighted by Gasteiger charge is 2.17. The summed E-state index contributed by atoms with van der Waals surface area (Å²) in [7, 11) is 0. The van der Waals surface area contributed by atoms with Crippen LogP contribution in [0.2, 0.25) is 0 Å². The van der Waals surface area contributed by atoms with E-state index in [-0.39, 0.29) is 5.91 Å². The first-order valence-corrected chi connectivity index (χ1v) is 8.19. The fraction of sp³-hybridized carbons (Fsp3) is 0.588. The maximum Gasteiger partial charge on any atom is 0.253 e. The molecule has 0 aliphatic carbocycles. The third-order valence-corrected chi connectivity index (χ3v) is 4.08. The van der Waals surface area contributed by atoms with Crippen LogP contribution in [0.1, 0.15) is 24.2 Å². The van der Waals surface area contributed by atoms with E-state index in [9.17, 15) is 4.79 Å². The number of ether oxygens (including phenoxy) is 1. The number of hydrogen-bond donors (Lipinski definition) is 1. The molecule has 1 amide bonds. The molecule has 0 saturated carbocycles. The maximum absolute atomic E-state index is 12.3. The van der Waals surface area contributed by atoms with Crippen molar-refractivity contribution < 1.29 is 9.53 Å². The van der Waals surface area contributed by atoms with Crippen molar-refractivity contribution in [2.75, 3.05) is 52.4 Å². The minimum atomic E-state index is 0.108.